The van der Waals surface area contributed by atoms with Gasteiger partial charge in [-0.2, -0.15) is 11.8 Å². The Labute approximate surface area is 111 Å². The first-order valence-electron chi connectivity index (χ1n) is 5.38. The molecule has 0 saturated carbocycles. The summed E-state index contributed by atoms with van der Waals surface area (Å²) in [4.78, 5) is 11.6. The lowest BCUT2D eigenvalue weighted by atomic mass is 10.2. The van der Waals surface area contributed by atoms with E-state index in [0.29, 0.717) is 10.8 Å². The summed E-state index contributed by atoms with van der Waals surface area (Å²) in [6.07, 6.45) is 0. The molecule has 3 N–H and O–H groups in total. The Hall–Kier alpha value is -0.710. The minimum absolute atomic E-state index is 0.0129. The van der Waals surface area contributed by atoms with Crippen LogP contribution in [0.5, 0.6) is 0 Å². The van der Waals surface area contributed by atoms with Crippen LogP contribution in [0.4, 0.5) is 5.69 Å². The van der Waals surface area contributed by atoms with Gasteiger partial charge in [0.15, 0.2) is 0 Å². The second kappa shape index (κ2) is 6.89. The molecule has 3 nitrogen and oxygen atoms in total. The third-order valence-corrected chi connectivity index (χ3v) is 3.54. The summed E-state index contributed by atoms with van der Waals surface area (Å²) in [6.45, 7) is 3.84. The lowest BCUT2D eigenvalue weighted by molar-refractivity contribution is -0.113. The molecule has 1 aromatic rings. The summed E-state index contributed by atoms with van der Waals surface area (Å²) in [5.41, 5.74) is 7.37. The monoisotopic (exact) mass is 272 g/mol. The fourth-order valence-electron chi connectivity index (χ4n) is 1.29. The second-order valence-electron chi connectivity index (χ2n) is 4.00. The van der Waals surface area contributed by atoms with Gasteiger partial charge in [0, 0.05) is 22.5 Å². The molecular weight excluding hydrogens is 256 g/mol. The maximum absolute atomic E-state index is 11.6. The number of halogens is 1. The molecule has 17 heavy (non-hydrogen) atoms. The van der Waals surface area contributed by atoms with E-state index in [4.69, 9.17) is 17.3 Å². The molecule has 0 saturated heterocycles. The Morgan fingerprint density at radius 3 is 2.88 bits per heavy atom. The zero-order valence-corrected chi connectivity index (χ0v) is 11.6. The van der Waals surface area contributed by atoms with Gasteiger partial charge in [-0.15, -0.1) is 0 Å². The molecule has 0 heterocycles. The molecule has 5 heteroatoms. The molecule has 0 radical (unpaired) electrons. The van der Waals surface area contributed by atoms with Gasteiger partial charge in [0.25, 0.3) is 0 Å². The number of nitrogens with one attached hydrogen (secondary N) is 1. The zero-order valence-electron chi connectivity index (χ0n) is 10.00. The molecule has 1 amide bonds. The molecule has 94 valence electrons. The van der Waals surface area contributed by atoms with E-state index in [9.17, 15) is 4.79 Å². The van der Waals surface area contributed by atoms with E-state index in [-0.39, 0.29) is 11.9 Å². The van der Waals surface area contributed by atoms with Crippen molar-refractivity contribution in [3.8, 4) is 0 Å². The van der Waals surface area contributed by atoms with Crippen molar-refractivity contribution in [2.75, 3.05) is 16.8 Å². The average molecular weight is 273 g/mol. The molecule has 0 aliphatic rings. The highest BCUT2D eigenvalue weighted by Gasteiger charge is 2.05. The predicted octanol–water partition coefficient (Wildman–Crippen LogP) is 2.67. The first kappa shape index (κ1) is 14.4. The fourth-order valence-corrected chi connectivity index (χ4v) is 2.26. The van der Waals surface area contributed by atoms with Crippen molar-refractivity contribution >= 4 is 35.0 Å². The van der Waals surface area contributed by atoms with Crippen molar-refractivity contribution < 1.29 is 4.79 Å². The first-order chi connectivity index (χ1) is 7.99. The number of amides is 1. The van der Waals surface area contributed by atoms with Crippen LogP contribution in [0.25, 0.3) is 0 Å². The van der Waals surface area contributed by atoms with Crippen LogP contribution in [0.2, 0.25) is 5.02 Å². The van der Waals surface area contributed by atoms with Gasteiger partial charge in [-0.05, 0) is 37.6 Å². The number of carbonyl (C=O) groups is 1. The molecule has 1 rings (SSSR count). The Balaban J connectivity index is 2.45. The minimum atomic E-state index is -0.0129. The van der Waals surface area contributed by atoms with Crippen LogP contribution in [0, 0.1) is 6.92 Å². The third-order valence-electron chi connectivity index (χ3n) is 2.08. The van der Waals surface area contributed by atoms with Gasteiger partial charge in [-0.3, -0.25) is 4.79 Å². The molecule has 1 aromatic carbocycles. The summed E-state index contributed by atoms with van der Waals surface area (Å²) < 4.78 is 0. The third kappa shape index (κ3) is 5.44. The van der Waals surface area contributed by atoms with Crippen molar-refractivity contribution in [2.24, 2.45) is 5.73 Å². The molecular formula is C12H17ClN2OS. The Kier molecular flexibility index (Phi) is 5.82. The average Bonchev–Trinajstić information content (AvgIpc) is 2.21. The quantitative estimate of drug-likeness (QED) is 0.866. The van der Waals surface area contributed by atoms with Gasteiger partial charge < -0.3 is 11.1 Å². The fraction of sp³-hybridized carbons (Fsp3) is 0.417. The standard InChI is InChI=1S/C12H17ClN2OS/c1-8-5-10(13)3-4-11(8)15-12(16)7-17-6-9(2)14/h3-5,9H,6-7,14H2,1-2H3,(H,15,16). The largest absolute Gasteiger partial charge is 0.327 e. The van der Waals surface area contributed by atoms with E-state index in [1.807, 2.05) is 26.0 Å². The number of hydrogen-bond donors (Lipinski definition) is 2. The van der Waals surface area contributed by atoms with Crippen molar-refractivity contribution in [3.63, 3.8) is 0 Å². The van der Waals surface area contributed by atoms with Crippen LogP contribution in [0.15, 0.2) is 18.2 Å². The summed E-state index contributed by atoms with van der Waals surface area (Å²) in [7, 11) is 0. The Bertz CT molecular complexity index is 396. The van der Waals surface area contributed by atoms with Crippen LogP contribution in [0.3, 0.4) is 0 Å². The van der Waals surface area contributed by atoms with E-state index in [2.05, 4.69) is 5.32 Å². The smallest absolute Gasteiger partial charge is 0.234 e. The van der Waals surface area contributed by atoms with Gasteiger partial charge in [-0.25, -0.2) is 0 Å². The van der Waals surface area contributed by atoms with Gasteiger partial charge in [0.1, 0.15) is 0 Å². The molecule has 0 bridgehead atoms. The molecule has 1 unspecified atom stereocenters. The van der Waals surface area contributed by atoms with Gasteiger partial charge in [-0.1, -0.05) is 11.6 Å². The number of hydrogen-bond acceptors (Lipinski definition) is 3. The van der Waals surface area contributed by atoms with Gasteiger partial charge >= 0.3 is 0 Å². The van der Waals surface area contributed by atoms with Crippen molar-refractivity contribution in [3.05, 3.63) is 28.8 Å². The predicted molar refractivity (Wildman–Crippen MR) is 75.8 cm³/mol. The van der Waals surface area contributed by atoms with Crippen LogP contribution in [-0.4, -0.2) is 23.5 Å². The number of thioether (sulfide) groups is 1. The number of carbonyl (C=O) groups excluding carboxylic acids is 1. The highest BCUT2D eigenvalue weighted by Crippen LogP contribution is 2.19. The molecule has 0 aliphatic carbocycles. The lowest BCUT2D eigenvalue weighted by Gasteiger charge is -2.09. The summed E-state index contributed by atoms with van der Waals surface area (Å²) >= 11 is 7.38. The van der Waals surface area contributed by atoms with E-state index < -0.39 is 0 Å². The molecule has 0 aliphatic heterocycles. The number of nitrogens with two attached hydrogens (primary N) is 1. The van der Waals surface area contributed by atoms with Crippen molar-refractivity contribution in [1.82, 2.24) is 0 Å². The molecule has 1 atom stereocenters. The number of rotatable bonds is 5. The van der Waals surface area contributed by atoms with Gasteiger partial charge in [0.2, 0.25) is 5.91 Å². The Morgan fingerprint density at radius 1 is 1.59 bits per heavy atom. The van der Waals surface area contributed by atoms with Crippen molar-refractivity contribution in [1.29, 1.82) is 0 Å². The highest BCUT2D eigenvalue weighted by atomic mass is 35.5. The van der Waals surface area contributed by atoms with Crippen molar-refractivity contribution in [2.45, 2.75) is 19.9 Å². The first-order valence-corrected chi connectivity index (χ1v) is 6.91. The van der Waals surface area contributed by atoms with Crippen LogP contribution in [0.1, 0.15) is 12.5 Å². The van der Waals surface area contributed by atoms with Gasteiger partial charge in [0.05, 0.1) is 5.75 Å². The topological polar surface area (TPSA) is 55.1 Å². The van der Waals surface area contributed by atoms with Crippen LogP contribution < -0.4 is 11.1 Å². The lowest BCUT2D eigenvalue weighted by Crippen LogP contribution is -2.20. The summed E-state index contributed by atoms with van der Waals surface area (Å²) in [6, 6.07) is 5.52. The highest BCUT2D eigenvalue weighted by molar-refractivity contribution is 8.00. The SMILES string of the molecule is Cc1cc(Cl)ccc1NC(=O)CSCC(C)N. The second-order valence-corrected chi connectivity index (χ2v) is 5.47. The summed E-state index contributed by atoms with van der Waals surface area (Å²) in [5, 5.41) is 3.52. The molecule has 0 fully saturated rings. The number of anilines is 1. The summed E-state index contributed by atoms with van der Waals surface area (Å²) in [5.74, 6) is 1.19. The van der Waals surface area contributed by atoms with Crippen LogP contribution >= 0.6 is 23.4 Å². The van der Waals surface area contributed by atoms with E-state index in [1.54, 1.807) is 6.07 Å². The number of benzene rings is 1. The van der Waals surface area contributed by atoms with E-state index in [1.165, 1.54) is 11.8 Å². The normalized spacial score (nSPS) is 12.2. The zero-order chi connectivity index (χ0) is 12.8. The molecule has 0 spiro atoms. The minimum Gasteiger partial charge on any atom is -0.327 e. The van der Waals surface area contributed by atoms with E-state index in [0.717, 1.165) is 17.0 Å². The Morgan fingerprint density at radius 2 is 2.29 bits per heavy atom. The molecule has 0 aromatic heterocycles. The number of aryl methyl sites for hydroxylation is 1. The van der Waals surface area contributed by atoms with E-state index >= 15 is 0 Å². The maximum atomic E-state index is 11.6. The van der Waals surface area contributed by atoms with Crippen LogP contribution in [-0.2, 0) is 4.79 Å². The maximum Gasteiger partial charge on any atom is 0.234 e.